The predicted octanol–water partition coefficient (Wildman–Crippen LogP) is 3.21. The van der Waals surface area contributed by atoms with E-state index in [1.165, 1.54) is 5.56 Å². The topological polar surface area (TPSA) is 48.1 Å². The molecule has 4 heterocycles. The minimum Gasteiger partial charge on any atom is -0.353 e. The van der Waals surface area contributed by atoms with Gasteiger partial charge in [0.2, 0.25) is 0 Å². The Morgan fingerprint density at radius 2 is 2.00 bits per heavy atom. The van der Waals surface area contributed by atoms with Crippen molar-refractivity contribution in [3.05, 3.63) is 40.5 Å². The number of aromatic amines is 1. The lowest BCUT2D eigenvalue weighted by Gasteiger charge is -2.38. The van der Waals surface area contributed by atoms with Gasteiger partial charge in [0.1, 0.15) is 17.3 Å². The van der Waals surface area contributed by atoms with Crippen molar-refractivity contribution in [3.63, 3.8) is 0 Å². The molecule has 0 saturated carbocycles. The van der Waals surface area contributed by atoms with Crippen molar-refractivity contribution in [1.29, 1.82) is 0 Å². The summed E-state index contributed by atoms with van der Waals surface area (Å²) < 4.78 is 0. The molecule has 1 unspecified atom stereocenters. The largest absolute Gasteiger partial charge is 0.353 e. The molecule has 0 amide bonds. The third kappa shape index (κ3) is 2.72. The molecule has 1 N–H and O–H groups in total. The zero-order valence-corrected chi connectivity index (χ0v) is 14.3. The van der Waals surface area contributed by atoms with Gasteiger partial charge in [-0.1, -0.05) is 0 Å². The summed E-state index contributed by atoms with van der Waals surface area (Å²) in [6.45, 7) is 8.39. The maximum atomic E-state index is 4.69. The van der Waals surface area contributed by atoms with Crippen LogP contribution < -0.4 is 4.90 Å². The number of rotatable bonds is 3. The molecule has 3 aromatic rings. The van der Waals surface area contributed by atoms with Crippen LogP contribution in [0, 0.1) is 6.92 Å². The molecule has 0 spiro atoms. The average Bonchev–Trinajstić information content (AvgIpc) is 3.25. The maximum Gasteiger partial charge on any atom is 0.143 e. The van der Waals surface area contributed by atoms with E-state index in [0.29, 0.717) is 6.04 Å². The normalized spacial score (nSPS) is 17.7. The van der Waals surface area contributed by atoms with E-state index in [1.54, 1.807) is 11.3 Å². The highest BCUT2D eigenvalue weighted by Gasteiger charge is 2.24. The molecule has 1 atom stereocenters. The van der Waals surface area contributed by atoms with Gasteiger partial charge in [-0.05, 0) is 42.3 Å². The Bertz CT molecular complexity index is 787. The number of hydrogen-bond acceptors (Lipinski definition) is 5. The Balaban J connectivity index is 1.52. The van der Waals surface area contributed by atoms with Gasteiger partial charge < -0.3 is 9.88 Å². The second-order valence-electron chi connectivity index (χ2n) is 6.09. The van der Waals surface area contributed by atoms with Crippen LogP contribution in [0.2, 0.25) is 0 Å². The van der Waals surface area contributed by atoms with Gasteiger partial charge in [0, 0.05) is 38.4 Å². The number of hydrogen-bond donors (Lipinski definition) is 1. The van der Waals surface area contributed by atoms with E-state index in [9.17, 15) is 0 Å². The molecule has 1 fully saturated rings. The summed E-state index contributed by atoms with van der Waals surface area (Å²) in [4.78, 5) is 17.3. The zero-order valence-electron chi connectivity index (χ0n) is 13.5. The Hall–Kier alpha value is -1.92. The summed E-state index contributed by atoms with van der Waals surface area (Å²) in [5.41, 5.74) is 2.36. The number of fused-ring (bicyclic) bond motifs is 1. The molecule has 4 rings (SSSR count). The van der Waals surface area contributed by atoms with Gasteiger partial charge in [-0.3, -0.25) is 4.90 Å². The Labute approximate surface area is 140 Å². The van der Waals surface area contributed by atoms with Crippen LogP contribution in [0.5, 0.6) is 0 Å². The SMILES string of the molecule is Cc1nc(N2CCN(C(C)c3ccsc3)CC2)c2cc[nH]c2n1. The van der Waals surface area contributed by atoms with E-state index in [-0.39, 0.29) is 0 Å². The smallest absolute Gasteiger partial charge is 0.143 e. The summed E-state index contributed by atoms with van der Waals surface area (Å²) in [6, 6.07) is 4.80. The van der Waals surface area contributed by atoms with Gasteiger partial charge in [-0.2, -0.15) is 11.3 Å². The van der Waals surface area contributed by atoms with Crippen LogP contribution in [-0.2, 0) is 0 Å². The first-order valence-electron chi connectivity index (χ1n) is 8.05. The summed E-state index contributed by atoms with van der Waals surface area (Å²) in [5.74, 6) is 1.89. The first kappa shape index (κ1) is 14.7. The first-order valence-corrected chi connectivity index (χ1v) is 8.99. The summed E-state index contributed by atoms with van der Waals surface area (Å²) in [5, 5.41) is 5.54. The highest BCUT2D eigenvalue weighted by atomic mass is 32.1. The van der Waals surface area contributed by atoms with Crippen molar-refractivity contribution >= 4 is 28.2 Å². The van der Waals surface area contributed by atoms with Crippen molar-refractivity contribution in [3.8, 4) is 0 Å². The van der Waals surface area contributed by atoms with Crippen LogP contribution in [0.4, 0.5) is 5.82 Å². The van der Waals surface area contributed by atoms with Crippen molar-refractivity contribution in [2.45, 2.75) is 19.9 Å². The second-order valence-corrected chi connectivity index (χ2v) is 6.87. The summed E-state index contributed by atoms with van der Waals surface area (Å²) in [6.07, 6.45) is 1.94. The number of aryl methyl sites for hydroxylation is 1. The molecule has 120 valence electrons. The van der Waals surface area contributed by atoms with Crippen LogP contribution in [0.25, 0.3) is 11.0 Å². The fourth-order valence-electron chi connectivity index (χ4n) is 3.32. The highest BCUT2D eigenvalue weighted by Crippen LogP contribution is 2.27. The lowest BCUT2D eigenvalue weighted by Crippen LogP contribution is -2.47. The fraction of sp³-hybridized carbons (Fsp3) is 0.412. The van der Waals surface area contributed by atoms with E-state index < -0.39 is 0 Å². The lowest BCUT2D eigenvalue weighted by molar-refractivity contribution is 0.198. The number of H-pyrrole nitrogens is 1. The molecule has 0 radical (unpaired) electrons. The van der Waals surface area contributed by atoms with E-state index in [4.69, 9.17) is 4.98 Å². The van der Waals surface area contributed by atoms with Crippen LogP contribution in [-0.4, -0.2) is 46.0 Å². The van der Waals surface area contributed by atoms with E-state index in [2.05, 4.69) is 49.6 Å². The third-order valence-electron chi connectivity index (χ3n) is 4.69. The highest BCUT2D eigenvalue weighted by molar-refractivity contribution is 7.07. The third-order valence-corrected chi connectivity index (χ3v) is 5.40. The molecule has 3 aromatic heterocycles. The molecule has 23 heavy (non-hydrogen) atoms. The molecule has 6 heteroatoms. The molecule has 5 nitrogen and oxygen atoms in total. The summed E-state index contributed by atoms with van der Waals surface area (Å²) in [7, 11) is 0. The van der Waals surface area contributed by atoms with Crippen LogP contribution in [0.15, 0.2) is 29.1 Å². The van der Waals surface area contributed by atoms with Crippen molar-refractivity contribution in [1.82, 2.24) is 19.9 Å². The number of aromatic nitrogens is 3. The van der Waals surface area contributed by atoms with Crippen LogP contribution in [0.3, 0.4) is 0 Å². The van der Waals surface area contributed by atoms with E-state index >= 15 is 0 Å². The minimum absolute atomic E-state index is 0.489. The standard InChI is InChI=1S/C17H21N5S/c1-12(14-4-10-23-11-14)21-6-8-22(9-7-21)17-15-3-5-18-16(15)19-13(2)20-17/h3-5,10-12H,6-9H2,1-2H3,(H,18,19,20). The van der Waals surface area contributed by atoms with Gasteiger partial charge in [-0.25, -0.2) is 9.97 Å². The maximum absolute atomic E-state index is 4.69. The van der Waals surface area contributed by atoms with Crippen molar-refractivity contribution in [2.75, 3.05) is 31.1 Å². The Morgan fingerprint density at radius 3 is 2.74 bits per heavy atom. The number of nitrogens with one attached hydrogen (secondary N) is 1. The van der Waals surface area contributed by atoms with Gasteiger partial charge >= 0.3 is 0 Å². The molecule has 0 bridgehead atoms. The van der Waals surface area contributed by atoms with Crippen molar-refractivity contribution in [2.24, 2.45) is 0 Å². The van der Waals surface area contributed by atoms with Gasteiger partial charge in [-0.15, -0.1) is 0 Å². The predicted molar refractivity (Wildman–Crippen MR) is 95.1 cm³/mol. The van der Waals surface area contributed by atoms with E-state index in [1.807, 2.05) is 13.1 Å². The molecule has 1 aliphatic rings. The minimum atomic E-state index is 0.489. The summed E-state index contributed by atoms with van der Waals surface area (Å²) >= 11 is 1.78. The number of nitrogens with zero attached hydrogens (tertiary/aromatic N) is 4. The Morgan fingerprint density at radius 1 is 1.17 bits per heavy atom. The van der Waals surface area contributed by atoms with Gasteiger partial charge in [0.15, 0.2) is 0 Å². The lowest BCUT2D eigenvalue weighted by atomic mass is 10.1. The molecule has 0 aromatic carbocycles. The molecular formula is C17H21N5S. The Kier molecular flexibility index (Phi) is 3.79. The number of anilines is 1. The monoisotopic (exact) mass is 327 g/mol. The number of piperazine rings is 1. The quantitative estimate of drug-likeness (QED) is 0.802. The van der Waals surface area contributed by atoms with E-state index in [0.717, 1.165) is 48.9 Å². The average molecular weight is 327 g/mol. The van der Waals surface area contributed by atoms with Gasteiger partial charge in [0.05, 0.1) is 5.39 Å². The molecular weight excluding hydrogens is 306 g/mol. The molecule has 1 aliphatic heterocycles. The van der Waals surface area contributed by atoms with Crippen LogP contribution in [0.1, 0.15) is 24.4 Å². The molecule has 1 saturated heterocycles. The van der Waals surface area contributed by atoms with Crippen molar-refractivity contribution < 1.29 is 0 Å². The first-order chi connectivity index (χ1) is 11.2. The van der Waals surface area contributed by atoms with Crippen LogP contribution >= 0.6 is 11.3 Å². The fourth-order valence-corrected chi connectivity index (χ4v) is 4.07. The zero-order chi connectivity index (χ0) is 15.8. The van der Waals surface area contributed by atoms with Gasteiger partial charge in [0.25, 0.3) is 0 Å². The number of thiophene rings is 1. The molecule has 0 aliphatic carbocycles. The second kappa shape index (κ2) is 5.94.